The fourth-order valence-corrected chi connectivity index (χ4v) is 4.06. The molecule has 1 saturated heterocycles. The van der Waals surface area contributed by atoms with Gasteiger partial charge in [-0.15, -0.1) is 0 Å². The summed E-state index contributed by atoms with van der Waals surface area (Å²) in [6.07, 6.45) is 3.51. The second kappa shape index (κ2) is 11.1. The zero-order valence-electron chi connectivity index (χ0n) is 17.6. The number of thiocarbonyl (C=S) groups is 1. The monoisotopic (exact) mass is 455 g/mol. The number of hydrogen-bond donors (Lipinski definition) is 0. The van der Waals surface area contributed by atoms with Gasteiger partial charge in [0.2, 0.25) is 0 Å². The minimum Gasteiger partial charge on any atom is -0.489 e. The van der Waals surface area contributed by atoms with Gasteiger partial charge >= 0.3 is 5.97 Å². The Morgan fingerprint density at radius 1 is 1.13 bits per heavy atom. The molecule has 0 aliphatic carbocycles. The van der Waals surface area contributed by atoms with Crippen molar-refractivity contribution in [3.05, 3.63) is 70.1 Å². The third kappa shape index (κ3) is 6.67. The normalized spacial score (nSPS) is 14.9. The van der Waals surface area contributed by atoms with Crippen LogP contribution in [0.4, 0.5) is 0 Å². The fraction of sp³-hybridized carbons (Fsp3) is 0.292. The number of esters is 1. The van der Waals surface area contributed by atoms with Gasteiger partial charge in [0.1, 0.15) is 23.2 Å². The molecule has 7 heteroatoms. The third-order valence-electron chi connectivity index (χ3n) is 4.63. The van der Waals surface area contributed by atoms with Crippen molar-refractivity contribution in [1.82, 2.24) is 4.90 Å². The summed E-state index contributed by atoms with van der Waals surface area (Å²) in [4.78, 5) is 26.4. The topological polar surface area (TPSA) is 55.8 Å². The van der Waals surface area contributed by atoms with Crippen LogP contribution in [0.25, 0.3) is 6.08 Å². The van der Waals surface area contributed by atoms with Crippen LogP contribution in [0.1, 0.15) is 36.5 Å². The Bertz CT molecular complexity index is 968. The molecule has 2 aromatic rings. The highest BCUT2D eigenvalue weighted by Crippen LogP contribution is 2.32. The molecule has 0 unspecified atom stereocenters. The lowest BCUT2D eigenvalue weighted by molar-refractivity contribution is -0.146. The lowest BCUT2D eigenvalue weighted by Crippen LogP contribution is -2.34. The number of unbranched alkanes of at least 4 members (excludes halogenated alkanes) is 1. The lowest BCUT2D eigenvalue weighted by atomic mass is 10.1. The molecular weight excluding hydrogens is 430 g/mol. The maximum atomic E-state index is 12.7. The van der Waals surface area contributed by atoms with Gasteiger partial charge < -0.3 is 9.47 Å². The average Bonchev–Trinajstić information content (AvgIpc) is 3.02. The molecule has 1 aliphatic heterocycles. The maximum absolute atomic E-state index is 12.7. The van der Waals surface area contributed by atoms with E-state index in [0.29, 0.717) is 22.4 Å². The first-order chi connectivity index (χ1) is 15.0. The molecule has 1 amide bonds. The summed E-state index contributed by atoms with van der Waals surface area (Å²) in [7, 11) is 0. The molecule has 162 valence electrons. The van der Waals surface area contributed by atoms with Gasteiger partial charge in [-0.05, 0) is 42.7 Å². The molecule has 0 atom stereocenters. The zero-order chi connectivity index (χ0) is 22.2. The largest absolute Gasteiger partial charge is 0.489 e. The van der Waals surface area contributed by atoms with Gasteiger partial charge in [0.05, 0.1) is 11.5 Å². The van der Waals surface area contributed by atoms with Crippen LogP contribution < -0.4 is 4.74 Å². The van der Waals surface area contributed by atoms with Gasteiger partial charge in [-0.1, -0.05) is 79.3 Å². The first kappa shape index (κ1) is 23.0. The highest BCUT2D eigenvalue weighted by molar-refractivity contribution is 8.26. The van der Waals surface area contributed by atoms with E-state index in [-0.39, 0.29) is 12.5 Å². The standard InChI is InChI=1S/C24H25NO4S2/c1-3-4-13-28-22(26)15-25-23(27)21(31-24(25)30)14-18-9-11-20(12-10-18)29-16-19-7-5-17(2)6-8-19/h5-12,14H,3-4,13,15-16H2,1-2H3/b21-14-. The molecule has 31 heavy (non-hydrogen) atoms. The Morgan fingerprint density at radius 3 is 2.52 bits per heavy atom. The number of amides is 1. The lowest BCUT2D eigenvalue weighted by Gasteiger charge is -2.13. The Morgan fingerprint density at radius 2 is 1.84 bits per heavy atom. The number of rotatable bonds is 9. The van der Waals surface area contributed by atoms with E-state index >= 15 is 0 Å². The van der Waals surface area contributed by atoms with Gasteiger partial charge in [0, 0.05) is 0 Å². The summed E-state index contributed by atoms with van der Waals surface area (Å²) >= 11 is 6.46. The fourth-order valence-electron chi connectivity index (χ4n) is 2.80. The van der Waals surface area contributed by atoms with Crippen molar-refractivity contribution >= 4 is 46.3 Å². The molecule has 0 N–H and O–H groups in total. The van der Waals surface area contributed by atoms with Crippen LogP contribution in [0.5, 0.6) is 5.75 Å². The van der Waals surface area contributed by atoms with Gasteiger partial charge in [-0.2, -0.15) is 0 Å². The van der Waals surface area contributed by atoms with E-state index in [9.17, 15) is 9.59 Å². The van der Waals surface area contributed by atoms with Crippen LogP contribution in [-0.4, -0.2) is 34.2 Å². The predicted octanol–water partition coefficient (Wildman–Crippen LogP) is 5.12. The molecule has 0 bridgehead atoms. The van der Waals surface area contributed by atoms with Crippen molar-refractivity contribution in [2.45, 2.75) is 33.3 Å². The molecule has 0 aromatic heterocycles. The van der Waals surface area contributed by atoms with E-state index in [1.807, 2.05) is 43.3 Å². The number of carbonyl (C=O) groups is 2. The highest BCUT2D eigenvalue weighted by atomic mass is 32.2. The molecule has 0 radical (unpaired) electrons. The third-order valence-corrected chi connectivity index (χ3v) is 6.00. The first-order valence-electron chi connectivity index (χ1n) is 10.2. The summed E-state index contributed by atoms with van der Waals surface area (Å²) in [5.74, 6) is 0.0308. The summed E-state index contributed by atoms with van der Waals surface area (Å²) in [6, 6.07) is 15.7. The SMILES string of the molecule is CCCCOC(=O)CN1C(=O)/C(=C/c2ccc(OCc3ccc(C)cc3)cc2)SC1=S. The molecular formula is C24H25NO4S2. The minimum atomic E-state index is -0.443. The number of carbonyl (C=O) groups excluding carboxylic acids is 2. The first-order valence-corrected chi connectivity index (χ1v) is 11.4. The van der Waals surface area contributed by atoms with E-state index in [0.717, 1.165) is 29.7 Å². The molecule has 1 fully saturated rings. The van der Waals surface area contributed by atoms with E-state index in [2.05, 4.69) is 19.1 Å². The van der Waals surface area contributed by atoms with Crippen LogP contribution in [0.2, 0.25) is 0 Å². The van der Waals surface area contributed by atoms with Crippen LogP contribution >= 0.6 is 24.0 Å². The van der Waals surface area contributed by atoms with Crippen molar-refractivity contribution in [1.29, 1.82) is 0 Å². The smallest absolute Gasteiger partial charge is 0.326 e. The van der Waals surface area contributed by atoms with E-state index in [1.54, 1.807) is 6.08 Å². The average molecular weight is 456 g/mol. The minimum absolute atomic E-state index is 0.155. The molecule has 0 saturated carbocycles. The van der Waals surface area contributed by atoms with Crippen LogP contribution in [0.3, 0.4) is 0 Å². The highest BCUT2D eigenvalue weighted by Gasteiger charge is 2.33. The summed E-state index contributed by atoms with van der Waals surface area (Å²) < 4.78 is 11.3. The molecule has 0 spiro atoms. The maximum Gasteiger partial charge on any atom is 0.326 e. The van der Waals surface area contributed by atoms with Crippen molar-refractivity contribution in [2.75, 3.05) is 13.2 Å². The van der Waals surface area contributed by atoms with Gasteiger partial charge in [0.15, 0.2) is 0 Å². The van der Waals surface area contributed by atoms with Crippen LogP contribution in [-0.2, 0) is 20.9 Å². The van der Waals surface area contributed by atoms with E-state index in [4.69, 9.17) is 21.7 Å². The van der Waals surface area contributed by atoms with Crippen LogP contribution in [0.15, 0.2) is 53.4 Å². The second-order valence-corrected chi connectivity index (χ2v) is 8.86. The predicted molar refractivity (Wildman–Crippen MR) is 128 cm³/mol. The summed E-state index contributed by atoms with van der Waals surface area (Å²) in [6.45, 7) is 4.77. The van der Waals surface area contributed by atoms with Gasteiger partial charge in [-0.25, -0.2) is 0 Å². The van der Waals surface area contributed by atoms with Crippen molar-refractivity contribution < 1.29 is 19.1 Å². The van der Waals surface area contributed by atoms with Crippen LogP contribution in [0, 0.1) is 6.92 Å². The van der Waals surface area contributed by atoms with Crippen molar-refractivity contribution in [3.63, 3.8) is 0 Å². The number of ether oxygens (including phenoxy) is 2. The van der Waals surface area contributed by atoms with E-state index in [1.165, 1.54) is 22.2 Å². The zero-order valence-corrected chi connectivity index (χ0v) is 19.3. The molecule has 3 rings (SSSR count). The Hall–Kier alpha value is -2.64. The molecule has 1 heterocycles. The van der Waals surface area contributed by atoms with Gasteiger partial charge in [0.25, 0.3) is 5.91 Å². The number of aryl methyl sites for hydroxylation is 1. The molecule has 2 aromatic carbocycles. The van der Waals surface area contributed by atoms with Gasteiger partial charge in [-0.3, -0.25) is 14.5 Å². The Labute approximate surface area is 192 Å². The quantitative estimate of drug-likeness (QED) is 0.226. The summed E-state index contributed by atoms with van der Waals surface area (Å²) in [5, 5.41) is 0. The number of thioether (sulfide) groups is 1. The molecule has 5 nitrogen and oxygen atoms in total. The number of hydrogen-bond acceptors (Lipinski definition) is 6. The number of benzene rings is 2. The second-order valence-electron chi connectivity index (χ2n) is 7.19. The van der Waals surface area contributed by atoms with Crippen molar-refractivity contribution in [2.24, 2.45) is 0 Å². The van der Waals surface area contributed by atoms with Crippen molar-refractivity contribution in [3.8, 4) is 5.75 Å². The Balaban J connectivity index is 1.57. The summed E-state index contributed by atoms with van der Waals surface area (Å²) in [5.41, 5.74) is 3.17. The van der Waals surface area contributed by atoms with E-state index < -0.39 is 5.97 Å². The number of nitrogens with zero attached hydrogens (tertiary/aromatic N) is 1. The molecule has 1 aliphatic rings. The Kier molecular flexibility index (Phi) is 8.26.